The van der Waals surface area contributed by atoms with Gasteiger partial charge in [-0.15, -0.1) is 0 Å². The van der Waals surface area contributed by atoms with E-state index in [-0.39, 0.29) is 0 Å². The van der Waals surface area contributed by atoms with Gasteiger partial charge in [0.1, 0.15) is 5.82 Å². The Morgan fingerprint density at radius 1 is 1.15 bits per heavy atom. The molecule has 2 aliphatic heterocycles. The first-order valence-corrected chi connectivity index (χ1v) is 10.7. The van der Waals surface area contributed by atoms with E-state index in [9.17, 15) is 0 Å². The summed E-state index contributed by atoms with van der Waals surface area (Å²) >= 11 is 0. The molecule has 3 heteroatoms. The van der Waals surface area contributed by atoms with Gasteiger partial charge in [0.25, 0.3) is 0 Å². The van der Waals surface area contributed by atoms with Crippen molar-refractivity contribution in [2.75, 3.05) is 4.90 Å². The van der Waals surface area contributed by atoms with Gasteiger partial charge in [-0.25, -0.2) is 4.98 Å². The van der Waals surface area contributed by atoms with Crippen molar-refractivity contribution < 1.29 is 0 Å². The fourth-order valence-electron chi connectivity index (χ4n) is 5.46. The van der Waals surface area contributed by atoms with Gasteiger partial charge < -0.3 is 4.90 Å². The first-order valence-electron chi connectivity index (χ1n) is 10.7. The number of aryl methyl sites for hydroxylation is 1. The minimum absolute atomic E-state index is 0.398. The molecule has 140 valence electrons. The smallest absolute Gasteiger partial charge is 0.179 e. The Morgan fingerprint density at radius 3 is 2.42 bits per heavy atom. The van der Waals surface area contributed by atoms with Crippen molar-refractivity contribution in [1.82, 2.24) is 4.98 Å². The lowest BCUT2D eigenvalue weighted by Gasteiger charge is -2.46. The number of fused-ring (bicyclic) bond motifs is 1. The van der Waals surface area contributed by atoms with Crippen LogP contribution in [0.5, 0.6) is 0 Å². The highest BCUT2D eigenvalue weighted by Crippen LogP contribution is 2.52. The molecule has 0 bridgehead atoms. The maximum absolute atomic E-state index is 5.01. The topological polar surface area (TPSA) is 16.1 Å². The minimum atomic E-state index is 0.398. The maximum atomic E-state index is 5.01. The van der Waals surface area contributed by atoms with Crippen LogP contribution in [0, 0.1) is 16.7 Å². The molecular weight excluding hydrogens is 315 g/mol. The van der Waals surface area contributed by atoms with Crippen LogP contribution in [0.1, 0.15) is 65.9 Å². The predicted molar refractivity (Wildman–Crippen MR) is 114 cm³/mol. The highest BCUT2D eigenvalue weighted by Gasteiger charge is 2.48. The van der Waals surface area contributed by atoms with E-state index in [0.29, 0.717) is 23.6 Å². The Morgan fingerprint density at radius 2 is 1.81 bits per heavy atom. The zero-order valence-electron chi connectivity index (χ0n) is 17.4. The number of pyridine rings is 1. The van der Waals surface area contributed by atoms with E-state index in [1.54, 1.807) is 0 Å². The number of rotatable bonds is 3. The number of anilines is 1. The van der Waals surface area contributed by atoms with Crippen LogP contribution in [0.15, 0.2) is 24.5 Å². The molecule has 4 rings (SSSR count). The molecule has 1 aromatic heterocycles. The third kappa shape index (κ3) is 2.82. The van der Waals surface area contributed by atoms with E-state index in [0.717, 1.165) is 18.8 Å². The molecule has 1 aliphatic carbocycles. The molecule has 0 N–H and O–H groups in total. The Kier molecular flexibility index (Phi) is 4.28. The summed E-state index contributed by atoms with van der Waals surface area (Å²) < 4.78 is 0. The van der Waals surface area contributed by atoms with Crippen LogP contribution in [0.3, 0.4) is 0 Å². The first-order chi connectivity index (χ1) is 12.2. The van der Waals surface area contributed by atoms with Crippen LogP contribution >= 0.6 is 0 Å². The summed E-state index contributed by atoms with van der Waals surface area (Å²) in [5.41, 5.74) is 5.00. The molecule has 3 aliphatic rings. The van der Waals surface area contributed by atoms with E-state index in [1.807, 2.05) is 0 Å². The number of aromatic nitrogens is 1. The normalized spacial score (nSPS) is 29.5. The van der Waals surface area contributed by atoms with E-state index < -0.39 is 0 Å². The van der Waals surface area contributed by atoms with Gasteiger partial charge >= 0.3 is 0 Å². The summed E-state index contributed by atoms with van der Waals surface area (Å²) in [6.07, 6.45) is 10.9. The van der Waals surface area contributed by atoms with Crippen molar-refractivity contribution in [2.24, 2.45) is 16.7 Å². The average Bonchev–Trinajstić information content (AvgIpc) is 2.76. The number of hydrogen-bond donors (Lipinski definition) is 0. The summed E-state index contributed by atoms with van der Waals surface area (Å²) in [4.78, 5) is 7.49. The molecule has 0 atom stereocenters. The van der Waals surface area contributed by atoms with Gasteiger partial charge in [0, 0.05) is 17.9 Å². The van der Waals surface area contributed by atoms with Gasteiger partial charge in [-0.2, -0.15) is 0 Å². The van der Waals surface area contributed by atoms with E-state index in [2.05, 4.69) is 58.4 Å². The zero-order valence-corrected chi connectivity index (χ0v) is 17.4. The predicted octanol–water partition coefficient (Wildman–Crippen LogP) is 5.30. The summed E-state index contributed by atoms with van der Waals surface area (Å²) in [5.74, 6) is 2.11. The van der Waals surface area contributed by atoms with E-state index in [4.69, 9.17) is 4.98 Å². The SMILES string of the molecule is C=C1CCc2cc(B3CC(C)(C)C(C)(C)C3)cnc2N1C1CC(CC)C1. The molecule has 26 heavy (non-hydrogen) atoms. The van der Waals surface area contributed by atoms with Crippen LogP contribution in [-0.2, 0) is 6.42 Å². The van der Waals surface area contributed by atoms with Crippen LogP contribution in [-0.4, -0.2) is 17.7 Å². The number of hydrogen-bond acceptors (Lipinski definition) is 2. The van der Waals surface area contributed by atoms with Gasteiger partial charge in [0.2, 0.25) is 0 Å². The number of allylic oxidation sites excluding steroid dienone is 1. The van der Waals surface area contributed by atoms with Gasteiger partial charge in [-0.3, -0.25) is 0 Å². The Balaban J connectivity index is 1.59. The average molecular weight is 350 g/mol. The molecule has 2 nitrogen and oxygen atoms in total. The third-order valence-electron chi connectivity index (χ3n) is 8.19. The van der Waals surface area contributed by atoms with Gasteiger partial charge in [0.15, 0.2) is 6.71 Å². The lowest BCUT2D eigenvalue weighted by Crippen LogP contribution is -2.46. The molecule has 1 saturated heterocycles. The molecule has 0 unspecified atom stereocenters. The molecule has 0 amide bonds. The molecule has 2 fully saturated rings. The molecule has 1 aromatic rings. The van der Waals surface area contributed by atoms with Crippen LogP contribution < -0.4 is 10.4 Å². The Bertz CT molecular complexity index is 699. The van der Waals surface area contributed by atoms with Gasteiger partial charge in [-0.1, -0.05) is 71.8 Å². The molecule has 0 radical (unpaired) electrons. The highest BCUT2D eigenvalue weighted by atomic mass is 15.2. The number of nitrogens with zero attached hydrogens (tertiary/aromatic N) is 2. The fourth-order valence-corrected chi connectivity index (χ4v) is 5.46. The van der Waals surface area contributed by atoms with Crippen LogP contribution in [0.4, 0.5) is 5.82 Å². The van der Waals surface area contributed by atoms with Crippen LogP contribution in [0.25, 0.3) is 0 Å². The molecule has 0 spiro atoms. The molecule has 3 heterocycles. The summed E-state index contributed by atoms with van der Waals surface area (Å²) in [6, 6.07) is 3.12. The fraction of sp³-hybridized carbons (Fsp3) is 0.696. The quantitative estimate of drug-likeness (QED) is 0.687. The standard InChI is InChI=1S/C23H35BN2/c1-7-17-10-20(11-17)26-16(2)8-9-18-12-19(13-25-21(18)26)24-14-22(3,4)23(5,6)15-24/h12-13,17,20H,2,7-11,14-15H2,1,3-6H3. The largest absolute Gasteiger partial charge is 0.327 e. The molecule has 0 aromatic carbocycles. The molecular formula is C23H35BN2. The van der Waals surface area contributed by atoms with Crippen molar-refractivity contribution >= 4 is 18.0 Å². The monoisotopic (exact) mass is 350 g/mol. The second-order valence-electron chi connectivity index (χ2n) is 10.5. The van der Waals surface area contributed by atoms with Crippen molar-refractivity contribution in [3.8, 4) is 0 Å². The second kappa shape index (κ2) is 6.14. The third-order valence-corrected chi connectivity index (χ3v) is 8.19. The second-order valence-corrected chi connectivity index (χ2v) is 10.5. The molecule has 1 saturated carbocycles. The lowest BCUT2D eigenvalue weighted by atomic mass is 9.42. The lowest BCUT2D eigenvalue weighted by molar-refractivity contribution is 0.177. The van der Waals surface area contributed by atoms with Gasteiger partial charge in [0.05, 0.1) is 0 Å². The maximum Gasteiger partial charge on any atom is 0.179 e. The summed E-state index contributed by atoms with van der Waals surface area (Å²) in [6.45, 7) is 17.1. The van der Waals surface area contributed by atoms with E-state index >= 15 is 0 Å². The highest BCUT2D eigenvalue weighted by molar-refractivity contribution is 6.74. The Hall–Kier alpha value is -1.25. The van der Waals surface area contributed by atoms with Crippen molar-refractivity contribution in [2.45, 2.75) is 85.4 Å². The minimum Gasteiger partial charge on any atom is -0.327 e. The Labute approximate surface area is 160 Å². The van der Waals surface area contributed by atoms with Crippen molar-refractivity contribution in [3.05, 3.63) is 30.1 Å². The summed E-state index contributed by atoms with van der Waals surface area (Å²) in [5, 5.41) is 0. The van der Waals surface area contributed by atoms with Crippen molar-refractivity contribution in [3.63, 3.8) is 0 Å². The first kappa shape index (κ1) is 18.1. The van der Waals surface area contributed by atoms with Gasteiger partial charge in [-0.05, 0) is 48.0 Å². The zero-order chi connectivity index (χ0) is 18.7. The van der Waals surface area contributed by atoms with Crippen molar-refractivity contribution in [1.29, 1.82) is 0 Å². The van der Waals surface area contributed by atoms with E-state index in [1.165, 1.54) is 54.4 Å². The summed E-state index contributed by atoms with van der Waals surface area (Å²) in [7, 11) is 0. The van der Waals surface area contributed by atoms with Crippen LogP contribution in [0.2, 0.25) is 12.6 Å².